The van der Waals surface area contributed by atoms with Gasteiger partial charge in [0.1, 0.15) is 41.9 Å². The van der Waals surface area contributed by atoms with Gasteiger partial charge >= 0.3 is 6.09 Å². The zero-order chi connectivity index (χ0) is 28.9. The number of piperidine rings is 1. The van der Waals surface area contributed by atoms with Gasteiger partial charge < -0.3 is 25.2 Å². The molecule has 8 nitrogen and oxygen atoms in total. The van der Waals surface area contributed by atoms with Gasteiger partial charge in [0, 0.05) is 37.6 Å². The number of anilines is 1. The fourth-order valence-electron chi connectivity index (χ4n) is 4.94. The van der Waals surface area contributed by atoms with E-state index in [4.69, 9.17) is 20.2 Å². The topological polar surface area (TPSA) is 122 Å². The van der Waals surface area contributed by atoms with Crippen LogP contribution in [0.2, 0.25) is 0 Å². The van der Waals surface area contributed by atoms with Gasteiger partial charge in [0.2, 0.25) is 0 Å². The molecule has 0 radical (unpaired) electrons. The number of hydrogen-bond donors (Lipinski definition) is 2. The third-order valence-electron chi connectivity index (χ3n) is 7.11. The lowest BCUT2D eigenvalue weighted by molar-refractivity contribution is 0.0911. The predicted octanol–water partition coefficient (Wildman–Crippen LogP) is 6.08. The molecule has 1 aliphatic heterocycles. The minimum absolute atomic E-state index is 0.0388. The van der Waals surface area contributed by atoms with Gasteiger partial charge in [-0.05, 0) is 41.8 Å². The van der Waals surface area contributed by atoms with E-state index in [1.165, 1.54) is 12.1 Å². The molecular formula is C32H29FN4O4. The molecule has 2 heterocycles. The van der Waals surface area contributed by atoms with Crippen LogP contribution in [0.3, 0.4) is 0 Å². The molecule has 208 valence electrons. The van der Waals surface area contributed by atoms with Gasteiger partial charge in [0.25, 0.3) is 0 Å². The minimum atomic E-state index is -0.807. The molecule has 41 heavy (non-hydrogen) atoms. The Hall–Kier alpha value is -5.10. The van der Waals surface area contributed by atoms with Crippen LogP contribution in [-0.2, 0) is 11.3 Å². The number of primary amides is 1. The highest BCUT2D eigenvalue weighted by Crippen LogP contribution is 2.42. The van der Waals surface area contributed by atoms with Crippen LogP contribution in [0.15, 0.2) is 72.8 Å². The normalized spacial score (nSPS) is 13.4. The van der Waals surface area contributed by atoms with Crippen LogP contribution in [-0.4, -0.2) is 35.4 Å². The number of nitrogens with zero attached hydrogens (tertiary/aromatic N) is 3. The van der Waals surface area contributed by atoms with E-state index in [-0.39, 0.29) is 17.4 Å². The summed E-state index contributed by atoms with van der Waals surface area (Å²) in [5.74, 6) is 0.422. The maximum Gasteiger partial charge on any atom is 0.404 e. The third kappa shape index (κ3) is 6.23. The summed E-state index contributed by atoms with van der Waals surface area (Å²) in [6.07, 6.45) is 0.00622. The molecule has 1 fully saturated rings. The van der Waals surface area contributed by atoms with E-state index < -0.39 is 11.9 Å². The quantitative estimate of drug-likeness (QED) is 0.285. The number of rotatable bonds is 7. The Bertz CT molecular complexity index is 1610. The molecule has 4 aromatic rings. The maximum absolute atomic E-state index is 14.8. The van der Waals surface area contributed by atoms with Crippen LogP contribution in [0.5, 0.6) is 11.5 Å². The van der Waals surface area contributed by atoms with Gasteiger partial charge in [-0.3, -0.25) is 0 Å². The van der Waals surface area contributed by atoms with Crippen molar-refractivity contribution in [3.05, 3.63) is 95.3 Å². The van der Waals surface area contributed by atoms with Crippen molar-refractivity contribution in [3.63, 3.8) is 0 Å². The molecular weight excluding hydrogens is 523 g/mol. The first kappa shape index (κ1) is 27.5. The number of aromatic hydroxyl groups is 1. The lowest BCUT2D eigenvalue weighted by Crippen LogP contribution is -2.39. The number of pyridine rings is 1. The fraction of sp³-hybridized carbons (Fsp3) is 0.219. The van der Waals surface area contributed by atoms with E-state index in [9.17, 15) is 19.6 Å². The van der Waals surface area contributed by atoms with Crippen molar-refractivity contribution in [1.82, 2.24) is 4.98 Å². The highest BCUT2D eigenvalue weighted by molar-refractivity contribution is 5.87. The second kappa shape index (κ2) is 12.0. The standard InChI is InChI=1S/C32H29FN4O4/c1-20-7-8-22(16-28(20)40-19-21-5-3-2-4-6-21)30-27(38)17-29(37-13-11-25(12-14-37)41-32(35)39)36-31(30)23-9-10-24(18-34)26(33)15-23/h2-10,15-17,25H,11-14,19H2,1H3,(H2,35,39)(H,36,38). The van der Waals surface area contributed by atoms with E-state index in [2.05, 4.69) is 0 Å². The molecule has 0 bridgehead atoms. The van der Waals surface area contributed by atoms with E-state index >= 15 is 0 Å². The summed E-state index contributed by atoms with van der Waals surface area (Å²) in [6.45, 7) is 3.35. The average molecular weight is 553 g/mol. The Morgan fingerprint density at radius 3 is 2.51 bits per heavy atom. The summed E-state index contributed by atoms with van der Waals surface area (Å²) >= 11 is 0. The highest BCUT2D eigenvalue weighted by Gasteiger charge is 2.25. The van der Waals surface area contributed by atoms with Gasteiger partial charge in [-0.25, -0.2) is 14.2 Å². The molecule has 5 rings (SSSR count). The molecule has 1 amide bonds. The summed E-state index contributed by atoms with van der Waals surface area (Å²) in [7, 11) is 0. The third-order valence-corrected chi connectivity index (χ3v) is 7.11. The molecule has 0 atom stereocenters. The number of carbonyl (C=O) groups excluding carboxylic acids is 1. The Balaban J connectivity index is 1.54. The van der Waals surface area contributed by atoms with Crippen LogP contribution in [0.1, 0.15) is 29.5 Å². The fourth-order valence-corrected chi connectivity index (χ4v) is 4.94. The van der Waals surface area contributed by atoms with Crippen LogP contribution in [0, 0.1) is 24.1 Å². The maximum atomic E-state index is 14.8. The van der Waals surface area contributed by atoms with Crippen LogP contribution in [0.4, 0.5) is 15.0 Å². The molecule has 0 aliphatic carbocycles. The first-order chi connectivity index (χ1) is 19.8. The number of hydrogen-bond acceptors (Lipinski definition) is 7. The van der Waals surface area contributed by atoms with Crippen molar-refractivity contribution in [1.29, 1.82) is 5.26 Å². The van der Waals surface area contributed by atoms with Gasteiger partial charge in [0.15, 0.2) is 0 Å². The number of nitriles is 1. The minimum Gasteiger partial charge on any atom is -0.507 e. The molecule has 0 spiro atoms. The first-order valence-electron chi connectivity index (χ1n) is 13.2. The van der Waals surface area contributed by atoms with Crippen molar-refractivity contribution >= 4 is 11.9 Å². The molecule has 0 saturated carbocycles. The van der Waals surface area contributed by atoms with Gasteiger partial charge in [0.05, 0.1) is 16.8 Å². The van der Waals surface area contributed by atoms with Crippen molar-refractivity contribution in [2.45, 2.75) is 32.5 Å². The van der Waals surface area contributed by atoms with E-state index in [0.29, 0.717) is 66.5 Å². The van der Waals surface area contributed by atoms with Crippen LogP contribution < -0.4 is 15.4 Å². The van der Waals surface area contributed by atoms with E-state index in [0.717, 1.165) is 11.1 Å². The number of ether oxygens (including phenoxy) is 2. The summed E-state index contributed by atoms with van der Waals surface area (Å²) < 4.78 is 26.0. The predicted molar refractivity (Wildman–Crippen MR) is 153 cm³/mol. The SMILES string of the molecule is Cc1ccc(-c2c(O)cc(N3CCC(OC(N)=O)CC3)nc2-c2ccc(C#N)c(F)c2)cc1OCc1ccccc1. The van der Waals surface area contributed by atoms with Crippen LogP contribution in [0.25, 0.3) is 22.4 Å². The highest BCUT2D eigenvalue weighted by atomic mass is 19.1. The molecule has 9 heteroatoms. The lowest BCUT2D eigenvalue weighted by atomic mass is 9.96. The number of amides is 1. The van der Waals surface area contributed by atoms with Gasteiger partial charge in [-0.1, -0.05) is 48.5 Å². The first-order valence-corrected chi connectivity index (χ1v) is 13.2. The van der Waals surface area contributed by atoms with Crippen molar-refractivity contribution < 1.29 is 23.8 Å². The number of nitrogens with two attached hydrogens (primary N) is 1. The van der Waals surface area contributed by atoms with Crippen molar-refractivity contribution in [3.8, 4) is 40.0 Å². The molecule has 1 aromatic heterocycles. The summed E-state index contributed by atoms with van der Waals surface area (Å²) in [5, 5.41) is 20.6. The Labute approximate surface area is 237 Å². The number of carbonyl (C=O) groups is 1. The zero-order valence-electron chi connectivity index (χ0n) is 22.5. The lowest BCUT2D eigenvalue weighted by Gasteiger charge is -2.32. The summed E-state index contributed by atoms with van der Waals surface area (Å²) in [6, 6.07) is 23.1. The molecule has 1 saturated heterocycles. The van der Waals surface area contributed by atoms with Gasteiger partial charge in [-0.15, -0.1) is 0 Å². The molecule has 3 aromatic carbocycles. The number of aromatic nitrogens is 1. The smallest absolute Gasteiger partial charge is 0.404 e. The molecule has 0 unspecified atom stereocenters. The van der Waals surface area contributed by atoms with Crippen molar-refractivity contribution in [2.75, 3.05) is 18.0 Å². The van der Waals surface area contributed by atoms with E-state index in [1.54, 1.807) is 12.1 Å². The second-order valence-electron chi connectivity index (χ2n) is 9.91. The number of halogens is 1. The zero-order valence-corrected chi connectivity index (χ0v) is 22.5. The molecule has 1 aliphatic rings. The molecule has 3 N–H and O–H groups in total. The van der Waals surface area contributed by atoms with E-state index in [1.807, 2.05) is 66.4 Å². The second-order valence-corrected chi connectivity index (χ2v) is 9.91. The monoisotopic (exact) mass is 552 g/mol. The van der Waals surface area contributed by atoms with Gasteiger partial charge in [-0.2, -0.15) is 5.26 Å². The van der Waals surface area contributed by atoms with Crippen LogP contribution >= 0.6 is 0 Å². The Morgan fingerprint density at radius 1 is 1.10 bits per heavy atom. The average Bonchev–Trinajstić information content (AvgIpc) is 2.97. The Morgan fingerprint density at radius 2 is 1.83 bits per heavy atom. The number of aryl methyl sites for hydroxylation is 1. The Kier molecular flexibility index (Phi) is 8.01. The van der Waals surface area contributed by atoms with Crippen molar-refractivity contribution in [2.24, 2.45) is 5.73 Å². The largest absolute Gasteiger partial charge is 0.507 e. The number of benzene rings is 3. The summed E-state index contributed by atoms with van der Waals surface area (Å²) in [4.78, 5) is 18.0. The summed E-state index contributed by atoms with van der Waals surface area (Å²) in [5.41, 5.74) is 8.84.